The second kappa shape index (κ2) is 6.20. The highest BCUT2D eigenvalue weighted by atomic mass is 19.4. The molecule has 2 unspecified atom stereocenters. The number of ether oxygens (including phenoxy) is 1. The number of rotatable bonds is 4. The SMILES string of the molecule is CC1CC(NCC(=O)NCC(F)(F)F)CCO1. The molecule has 1 heterocycles. The lowest BCUT2D eigenvalue weighted by atomic mass is 10.0. The molecular weight excluding hydrogens is 237 g/mol. The van der Waals surface area contributed by atoms with Crippen LogP contribution in [0.1, 0.15) is 19.8 Å². The van der Waals surface area contributed by atoms with Crippen LogP contribution in [0.4, 0.5) is 13.2 Å². The lowest BCUT2D eigenvalue weighted by Gasteiger charge is -2.27. The summed E-state index contributed by atoms with van der Waals surface area (Å²) in [4.78, 5) is 11.1. The van der Waals surface area contributed by atoms with Crippen molar-refractivity contribution in [2.24, 2.45) is 0 Å². The minimum Gasteiger partial charge on any atom is -0.378 e. The Hall–Kier alpha value is -0.820. The van der Waals surface area contributed by atoms with Crippen molar-refractivity contribution in [3.8, 4) is 0 Å². The predicted octanol–water partition coefficient (Wildman–Crippen LogP) is 0.822. The molecule has 0 aromatic heterocycles. The Bertz CT molecular complexity index is 258. The Morgan fingerprint density at radius 1 is 1.47 bits per heavy atom. The van der Waals surface area contributed by atoms with Crippen LogP contribution in [0.15, 0.2) is 0 Å². The number of hydrogen-bond acceptors (Lipinski definition) is 3. The van der Waals surface area contributed by atoms with E-state index >= 15 is 0 Å². The molecule has 1 rings (SSSR count). The first-order chi connectivity index (χ1) is 7.87. The molecule has 0 bridgehead atoms. The van der Waals surface area contributed by atoms with E-state index in [0.29, 0.717) is 6.61 Å². The fourth-order valence-corrected chi connectivity index (χ4v) is 1.68. The van der Waals surface area contributed by atoms with Gasteiger partial charge in [0.25, 0.3) is 0 Å². The van der Waals surface area contributed by atoms with Gasteiger partial charge in [0, 0.05) is 12.6 Å². The summed E-state index contributed by atoms with van der Waals surface area (Å²) < 4.78 is 40.7. The van der Waals surface area contributed by atoms with Crippen molar-refractivity contribution in [1.29, 1.82) is 0 Å². The third-order valence-electron chi connectivity index (χ3n) is 2.52. The van der Waals surface area contributed by atoms with Crippen LogP contribution in [0.25, 0.3) is 0 Å². The third-order valence-corrected chi connectivity index (χ3v) is 2.52. The molecular formula is C10H17F3N2O2. The molecule has 0 saturated carbocycles. The van der Waals surface area contributed by atoms with Crippen molar-refractivity contribution < 1.29 is 22.7 Å². The lowest BCUT2D eigenvalue weighted by molar-refractivity contribution is -0.138. The Morgan fingerprint density at radius 3 is 2.76 bits per heavy atom. The second-order valence-electron chi connectivity index (χ2n) is 4.18. The van der Waals surface area contributed by atoms with Gasteiger partial charge < -0.3 is 15.4 Å². The smallest absolute Gasteiger partial charge is 0.378 e. The average Bonchev–Trinajstić information content (AvgIpc) is 2.23. The number of nitrogens with one attached hydrogen (secondary N) is 2. The molecule has 0 spiro atoms. The maximum absolute atomic E-state index is 11.8. The summed E-state index contributed by atoms with van der Waals surface area (Å²) in [5, 5.41) is 4.74. The summed E-state index contributed by atoms with van der Waals surface area (Å²) in [5.41, 5.74) is 0. The summed E-state index contributed by atoms with van der Waals surface area (Å²) in [7, 11) is 0. The molecule has 7 heteroatoms. The molecule has 0 aliphatic carbocycles. The van der Waals surface area contributed by atoms with E-state index in [2.05, 4.69) is 5.32 Å². The highest BCUT2D eigenvalue weighted by molar-refractivity contribution is 5.78. The van der Waals surface area contributed by atoms with Gasteiger partial charge >= 0.3 is 6.18 Å². The van der Waals surface area contributed by atoms with Gasteiger partial charge in [0.15, 0.2) is 0 Å². The van der Waals surface area contributed by atoms with Crippen molar-refractivity contribution in [1.82, 2.24) is 10.6 Å². The summed E-state index contributed by atoms with van der Waals surface area (Å²) in [6.07, 6.45) is -2.69. The molecule has 0 radical (unpaired) electrons. The van der Waals surface area contributed by atoms with Crippen molar-refractivity contribution in [3.05, 3.63) is 0 Å². The van der Waals surface area contributed by atoms with Gasteiger partial charge in [-0.3, -0.25) is 4.79 Å². The summed E-state index contributed by atoms with van der Waals surface area (Å²) in [5.74, 6) is -0.638. The lowest BCUT2D eigenvalue weighted by Crippen LogP contribution is -2.44. The maximum Gasteiger partial charge on any atom is 0.405 e. The van der Waals surface area contributed by atoms with Crippen LogP contribution in [0.3, 0.4) is 0 Å². The minimum atomic E-state index is -4.36. The van der Waals surface area contributed by atoms with Crippen molar-refractivity contribution in [2.45, 2.75) is 38.1 Å². The molecule has 1 aliphatic rings. The summed E-state index contributed by atoms with van der Waals surface area (Å²) >= 11 is 0. The second-order valence-corrected chi connectivity index (χ2v) is 4.18. The standard InChI is InChI=1S/C10H17F3N2O2/c1-7-4-8(2-3-17-7)14-5-9(16)15-6-10(11,12)13/h7-8,14H,2-6H2,1H3,(H,15,16). The Balaban J connectivity index is 2.15. The third kappa shape index (κ3) is 6.48. The van der Waals surface area contributed by atoms with E-state index in [1.807, 2.05) is 12.2 Å². The quantitative estimate of drug-likeness (QED) is 0.781. The number of amides is 1. The topological polar surface area (TPSA) is 50.4 Å². The Morgan fingerprint density at radius 2 is 2.18 bits per heavy atom. The number of halogens is 3. The average molecular weight is 254 g/mol. The van der Waals surface area contributed by atoms with Crippen LogP contribution in [0.2, 0.25) is 0 Å². The molecule has 1 aliphatic heterocycles. The first-order valence-electron chi connectivity index (χ1n) is 5.55. The van der Waals surface area contributed by atoms with Gasteiger partial charge in [-0.05, 0) is 19.8 Å². The highest BCUT2D eigenvalue weighted by Crippen LogP contribution is 2.13. The van der Waals surface area contributed by atoms with Gasteiger partial charge in [-0.2, -0.15) is 13.2 Å². The zero-order chi connectivity index (χ0) is 12.9. The van der Waals surface area contributed by atoms with Gasteiger partial charge in [-0.15, -0.1) is 0 Å². The van der Waals surface area contributed by atoms with Crippen LogP contribution >= 0.6 is 0 Å². The molecule has 100 valence electrons. The predicted molar refractivity (Wildman–Crippen MR) is 55.5 cm³/mol. The molecule has 17 heavy (non-hydrogen) atoms. The zero-order valence-corrected chi connectivity index (χ0v) is 9.64. The van der Waals surface area contributed by atoms with Crippen LogP contribution < -0.4 is 10.6 Å². The van der Waals surface area contributed by atoms with Crippen LogP contribution in [0.5, 0.6) is 0 Å². The van der Waals surface area contributed by atoms with Crippen LogP contribution in [-0.2, 0) is 9.53 Å². The molecule has 0 aromatic rings. The van der Waals surface area contributed by atoms with Gasteiger partial charge in [0.05, 0.1) is 12.6 Å². The molecule has 0 aromatic carbocycles. The van der Waals surface area contributed by atoms with Crippen molar-refractivity contribution in [3.63, 3.8) is 0 Å². The van der Waals surface area contributed by atoms with Crippen LogP contribution in [0, 0.1) is 0 Å². The monoisotopic (exact) mass is 254 g/mol. The van der Waals surface area contributed by atoms with Gasteiger partial charge in [-0.1, -0.05) is 0 Å². The molecule has 1 fully saturated rings. The first kappa shape index (κ1) is 14.2. The molecule has 2 N–H and O–H groups in total. The number of hydrogen-bond donors (Lipinski definition) is 2. The number of carbonyl (C=O) groups is 1. The number of alkyl halides is 3. The van der Waals surface area contributed by atoms with E-state index in [0.717, 1.165) is 12.8 Å². The largest absolute Gasteiger partial charge is 0.405 e. The van der Waals surface area contributed by atoms with Crippen molar-refractivity contribution >= 4 is 5.91 Å². The number of carbonyl (C=O) groups excluding carboxylic acids is 1. The van der Waals surface area contributed by atoms with E-state index in [-0.39, 0.29) is 18.7 Å². The van der Waals surface area contributed by atoms with Gasteiger partial charge in [0.1, 0.15) is 6.54 Å². The van der Waals surface area contributed by atoms with Gasteiger partial charge in [0.2, 0.25) is 5.91 Å². The molecule has 2 atom stereocenters. The fourth-order valence-electron chi connectivity index (χ4n) is 1.68. The fraction of sp³-hybridized carbons (Fsp3) is 0.900. The summed E-state index contributed by atoms with van der Waals surface area (Å²) in [6, 6.07) is 0.135. The Kier molecular flexibility index (Phi) is 5.20. The van der Waals surface area contributed by atoms with E-state index in [9.17, 15) is 18.0 Å². The Labute approximate surface area is 97.9 Å². The minimum absolute atomic E-state index is 0.0898. The van der Waals surface area contributed by atoms with Crippen LogP contribution in [-0.4, -0.2) is 43.9 Å². The molecule has 1 saturated heterocycles. The molecule has 1 amide bonds. The maximum atomic E-state index is 11.8. The first-order valence-corrected chi connectivity index (χ1v) is 5.55. The highest BCUT2D eigenvalue weighted by Gasteiger charge is 2.27. The van der Waals surface area contributed by atoms with Gasteiger partial charge in [-0.25, -0.2) is 0 Å². The van der Waals surface area contributed by atoms with E-state index in [1.165, 1.54) is 0 Å². The molecule has 4 nitrogen and oxygen atoms in total. The zero-order valence-electron chi connectivity index (χ0n) is 9.64. The van der Waals surface area contributed by atoms with E-state index < -0.39 is 18.6 Å². The normalized spacial score (nSPS) is 25.6. The van der Waals surface area contributed by atoms with Crippen molar-refractivity contribution in [2.75, 3.05) is 19.7 Å². The van der Waals surface area contributed by atoms with E-state index in [4.69, 9.17) is 4.74 Å². The summed E-state index contributed by atoms with van der Waals surface area (Å²) in [6.45, 7) is 1.17. The van der Waals surface area contributed by atoms with E-state index in [1.54, 1.807) is 0 Å².